The van der Waals surface area contributed by atoms with Crippen molar-refractivity contribution in [3.8, 4) is 0 Å². The lowest BCUT2D eigenvalue weighted by Crippen LogP contribution is -2.25. The molecular formula is C17H13Cl2N5O. The monoisotopic (exact) mass is 373 g/mol. The van der Waals surface area contributed by atoms with Crippen LogP contribution in [0, 0.1) is 0 Å². The maximum absolute atomic E-state index is 12.2. The van der Waals surface area contributed by atoms with Gasteiger partial charge in [-0.15, -0.1) is 0 Å². The number of aromatic nitrogens is 4. The zero-order valence-electron chi connectivity index (χ0n) is 12.9. The summed E-state index contributed by atoms with van der Waals surface area (Å²) in [6.45, 7) is 0.320. The number of halogens is 2. The van der Waals surface area contributed by atoms with E-state index in [2.05, 4.69) is 25.3 Å². The Morgan fingerprint density at radius 2 is 1.84 bits per heavy atom. The van der Waals surface area contributed by atoms with Gasteiger partial charge in [0.15, 0.2) is 0 Å². The predicted molar refractivity (Wildman–Crippen MR) is 97.8 cm³/mol. The third-order valence-corrected chi connectivity index (χ3v) is 4.28. The van der Waals surface area contributed by atoms with E-state index in [1.165, 1.54) is 0 Å². The maximum atomic E-state index is 12.2. The van der Waals surface area contributed by atoms with Crippen LogP contribution in [0.4, 0.5) is 0 Å². The van der Waals surface area contributed by atoms with Crippen LogP contribution in [0.5, 0.6) is 0 Å². The quantitative estimate of drug-likeness (QED) is 0.510. The van der Waals surface area contributed by atoms with Crippen molar-refractivity contribution in [3.63, 3.8) is 0 Å². The molecule has 2 heterocycles. The summed E-state index contributed by atoms with van der Waals surface area (Å²) >= 11 is 12.1. The molecule has 0 fully saturated rings. The molecule has 0 bridgehead atoms. The number of benzene rings is 2. The number of hydrogen-bond acceptors (Lipinski definition) is 3. The molecule has 0 unspecified atom stereocenters. The summed E-state index contributed by atoms with van der Waals surface area (Å²) in [4.78, 5) is 27.2. The van der Waals surface area contributed by atoms with E-state index in [9.17, 15) is 4.79 Å². The Labute approximate surface area is 152 Å². The Morgan fingerprint density at radius 1 is 1.04 bits per heavy atom. The van der Waals surface area contributed by atoms with Crippen LogP contribution in [0.3, 0.4) is 0 Å². The van der Waals surface area contributed by atoms with Gasteiger partial charge in [-0.1, -0.05) is 35.3 Å². The second-order valence-electron chi connectivity index (χ2n) is 5.62. The molecule has 4 aromatic rings. The number of aromatic amines is 2. The van der Waals surface area contributed by atoms with Crippen LogP contribution in [0.2, 0.25) is 10.0 Å². The van der Waals surface area contributed by atoms with Gasteiger partial charge in [-0.25, -0.2) is 9.97 Å². The SMILES string of the molecule is O=C(Cc1nc2c(Cl)cc(Cl)cc2[nH]1)NCc1nc2ccccc2[nH]1. The first-order valence-corrected chi connectivity index (χ1v) is 8.38. The number of carbonyl (C=O) groups is 1. The van der Waals surface area contributed by atoms with Gasteiger partial charge in [0.1, 0.15) is 17.2 Å². The van der Waals surface area contributed by atoms with Gasteiger partial charge in [-0.05, 0) is 24.3 Å². The Morgan fingerprint density at radius 3 is 2.68 bits per heavy atom. The van der Waals surface area contributed by atoms with Crippen LogP contribution in [0.15, 0.2) is 36.4 Å². The highest BCUT2D eigenvalue weighted by atomic mass is 35.5. The van der Waals surface area contributed by atoms with Crippen LogP contribution >= 0.6 is 23.2 Å². The minimum Gasteiger partial charge on any atom is -0.348 e. The van der Waals surface area contributed by atoms with Crippen molar-refractivity contribution >= 4 is 51.2 Å². The molecule has 0 aliphatic rings. The molecule has 1 amide bonds. The summed E-state index contributed by atoms with van der Waals surface area (Å²) in [6, 6.07) is 11.1. The minimum absolute atomic E-state index is 0.114. The number of rotatable bonds is 4. The number of hydrogen-bond donors (Lipinski definition) is 3. The maximum Gasteiger partial charge on any atom is 0.227 e. The minimum atomic E-state index is -0.165. The number of amides is 1. The van der Waals surface area contributed by atoms with Gasteiger partial charge < -0.3 is 15.3 Å². The molecule has 0 spiro atoms. The number of H-pyrrole nitrogens is 2. The number of fused-ring (bicyclic) bond motifs is 2. The number of carbonyl (C=O) groups excluding carboxylic acids is 1. The van der Waals surface area contributed by atoms with Gasteiger partial charge in [0, 0.05) is 5.02 Å². The zero-order valence-corrected chi connectivity index (χ0v) is 14.4. The van der Waals surface area contributed by atoms with E-state index in [1.807, 2.05) is 24.3 Å². The lowest BCUT2D eigenvalue weighted by molar-refractivity contribution is -0.120. The Hall–Kier alpha value is -2.57. The summed E-state index contributed by atoms with van der Waals surface area (Å²) in [5.74, 6) is 1.07. The molecule has 0 aliphatic heterocycles. The third kappa shape index (κ3) is 3.31. The highest BCUT2D eigenvalue weighted by molar-refractivity contribution is 6.38. The van der Waals surface area contributed by atoms with Gasteiger partial charge in [0.05, 0.1) is 34.5 Å². The Bertz CT molecular complexity index is 1050. The van der Waals surface area contributed by atoms with E-state index >= 15 is 0 Å². The van der Waals surface area contributed by atoms with E-state index in [4.69, 9.17) is 23.2 Å². The van der Waals surface area contributed by atoms with E-state index in [1.54, 1.807) is 12.1 Å². The molecule has 0 atom stereocenters. The number of para-hydroxylation sites is 2. The van der Waals surface area contributed by atoms with Gasteiger partial charge in [-0.3, -0.25) is 4.79 Å². The topological polar surface area (TPSA) is 86.5 Å². The van der Waals surface area contributed by atoms with Crippen molar-refractivity contribution in [1.29, 1.82) is 0 Å². The van der Waals surface area contributed by atoms with Gasteiger partial charge >= 0.3 is 0 Å². The van der Waals surface area contributed by atoms with Crippen molar-refractivity contribution < 1.29 is 4.79 Å². The predicted octanol–water partition coefficient (Wildman–Crippen LogP) is 3.60. The number of imidazole rings is 2. The first-order valence-electron chi connectivity index (χ1n) is 7.62. The molecule has 0 saturated carbocycles. The molecule has 2 aromatic heterocycles. The molecule has 126 valence electrons. The summed E-state index contributed by atoms with van der Waals surface area (Å²) in [5.41, 5.74) is 3.12. The fraction of sp³-hybridized carbons (Fsp3) is 0.118. The molecular weight excluding hydrogens is 361 g/mol. The van der Waals surface area contributed by atoms with Crippen molar-refractivity contribution in [3.05, 3.63) is 58.1 Å². The van der Waals surface area contributed by atoms with E-state index in [-0.39, 0.29) is 12.3 Å². The molecule has 3 N–H and O–H groups in total. The molecule has 2 aromatic carbocycles. The summed E-state index contributed by atoms with van der Waals surface area (Å²) in [5, 5.41) is 3.79. The lowest BCUT2D eigenvalue weighted by atomic mass is 10.3. The molecule has 8 heteroatoms. The smallest absolute Gasteiger partial charge is 0.227 e. The molecule has 6 nitrogen and oxygen atoms in total. The Balaban J connectivity index is 1.44. The van der Waals surface area contributed by atoms with E-state index in [0.29, 0.717) is 39.3 Å². The molecule has 4 rings (SSSR count). The normalized spacial score (nSPS) is 11.3. The molecule has 0 saturated heterocycles. The fourth-order valence-electron chi connectivity index (χ4n) is 2.66. The van der Waals surface area contributed by atoms with Gasteiger partial charge in [0.25, 0.3) is 0 Å². The van der Waals surface area contributed by atoms with Crippen LogP contribution in [0.25, 0.3) is 22.1 Å². The molecule has 25 heavy (non-hydrogen) atoms. The zero-order chi connectivity index (χ0) is 17.4. The third-order valence-electron chi connectivity index (χ3n) is 3.77. The van der Waals surface area contributed by atoms with Crippen molar-refractivity contribution in [2.24, 2.45) is 0 Å². The molecule has 0 radical (unpaired) electrons. The first kappa shape index (κ1) is 15.9. The number of nitrogens with zero attached hydrogens (tertiary/aromatic N) is 2. The van der Waals surface area contributed by atoms with Crippen molar-refractivity contribution in [2.45, 2.75) is 13.0 Å². The highest BCUT2D eigenvalue weighted by Crippen LogP contribution is 2.26. The summed E-state index contributed by atoms with van der Waals surface area (Å²) in [6.07, 6.45) is 0.114. The standard InChI is InChI=1S/C17H13Cl2N5O/c18-9-5-10(19)17-13(6-9)23-14(24-17)7-16(25)20-8-15-21-11-3-1-2-4-12(11)22-15/h1-6H,7-8H2,(H,20,25)(H,21,22)(H,23,24). The average Bonchev–Trinajstić information content (AvgIpc) is 3.16. The van der Waals surface area contributed by atoms with Crippen LogP contribution in [0.1, 0.15) is 11.6 Å². The number of nitrogens with one attached hydrogen (secondary N) is 3. The van der Waals surface area contributed by atoms with E-state index in [0.717, 1.165) is 11.0 Å². The van der Waals surface area contributed by atoms with E-state index < -0.39 is 0 Å². The van der Waals surface area contributed by atoms with Crippen LogP contribution in [-0.4, -0.2) is 25.8 Å². The van der Waals surface area contributed by atoms with Gasteiger partial charge in [0.2, 0.25) is 5.91 Å². The van der Waals surface area contributed by atoms with Gasteiger partial charge in [-0.2, -0.15) is 0 Å². The Kier molecular flexibility index (Phi) is 4.07. The average molecular weight is 374 g/mol. The summed E-state index contributed by atoms with van der Waals surface area (Å²) in [7, 11) is 0. The van der Waals surface area contributed by atoms with Crippen molar-refractivity contribution in [1.82, 2.24) is 25.3 Å². The van der Waals surface area contributed by atoms with Crippen LogP contribution < -0.4 is 5.32 Å². The largest absolute Gasteiger partial charge is 0.348 e. The lowest BCUT2D eigenvalue weighted by Gasteiger charge is -2.01. The van der Waals surface area contributed by atoms with Crippen molar-refractivity contribution in [2.75, 3.05) is 0 Å². The highest BCUT2D eigenvalue weighted by Gasteiger charge is 2.12. The summed E-state index contributed by atoms with van der Waals surface area (Å²) < 4.78 is 0. The first-order chi connectivity index (χ1) is 12.1. The van der Waals surface area contributed by atoms with Crippen LogP contribution in [-0.2, 0) is 17.8 Å². The second-order valence-corrected chi connectivity index (χ2v) is 6.47. The fourth-order valence-corrected chi connectivity index (χ4v) is 3.20. The second kappa shape index (κ2) is 6.38. The molecule has 0 aliphatic carbocycles.